The van der Waals surface area contributed by atoms with Crippen LogP contribution in [0.3, 0.4) is 0 Å². The molecule has 1 N–H and O–H groups in total. The van der Waals surface area contributed by atoms with Crippen molar-refractivity contribution < 1.29 is 4.79 Å². The Morgan fingerprint density at radius 2 is 2.11 bits per heavy atom. The van der Waals surface area contributed by atoms with E-state index in [1.54, 1.807) is 23.7 Å². The normalized spacial score (nSPS) is 10.2. The molecule has 18 heavy (non-hydrogen) atoms. The second-order valence-electron chi connectivity index (χ2n) is 4.07. The molecular formula is C14H16N2OS. The first kappa shape index (κ1) is 12.8. The molecule has 0 unspecified atom stereocenters. The quantitative estimate of drug-likeness (QED) is 0.867. The molecule has 2 aromatic heterocycles. The van der Waals surface area contributed by atoms with Gasteiger partial charge in [0.2, 0.25) is 5.91 Å². The molecule has 0 saturated carbocycles. The topological polar surface area (TPSA) is 42.0 Å². The van der Waals surface area contributed by atoms with E-state index in [-0.39, 0.29) is 5.91 Å². The Hall–Kier alpha value is -1.68. The van der Waals surface area contributed by atoms with Crippen LogP contribution >= 0.6 is 11.3 Å². The van der Waals surface area contributed by atoms with Gasteiger partial charge in [-0.1, -0.05) is 6.07 Å². The number of rotatable bonds is 6. The Morgan fingerprint density at radius 1 is 1.28 bits per heavy atom. The molecule has 0 spiro atoms. The molecule has 0 bridgehead atoms. The SMILES string of the molecule is O=C(CCCc1cccs1)NCc1ccncc1. The maximum atomic E-state index is 11.6. The van der Waals surface area contributed by atoms with Crippen molar-refractivity contribution in [1.82, 2.24) is 10.3 Å². The number of nitrogens with zero attached hydrogens (tertiary/aromatic N) is 1. The summed E-state index contributed by atoms with van der Waals surface area (Å²) in [5.41, 5.74) is 1.08. The summed E-state index contributed by atoms with van der Waals surface area (Å²) in [5, 5.41) is 4.98. The maximum Gasteiger partial charge on any atom is 0.220 e. The summed E-state index contributed by atoms with van der Waals surface area (Å²) >= 11 is 1.75. The van der Waals surface area contributed by atoms with Gasteiger partial charge < -0.3 is 5.32 Å². The Kier molecular flexibility index (Phi) is 4.90. The van der Waals surface area contributed by atoms with Crippen molar-refractivity contribution in [2.24, 2.45) is 0 Å². The summed E-state index contributed by atoms with van der Waals surface area (Å²) in [7, 11) is 0. The number of carbonyl (C=O) groups excluding carboxylic acids is 1. The van der Waals surface area contributed by atoms with Crippen LogP contribution in [0.4, 0.5) is 0 Å². The van der Waals surface area contributed by atoms with Crippen molar-refractivity contribution in [1.29, 1.82) is 0 Å². The predicted molar refractivity (Wildman–Crippen MR) is 73.3 cm³/mol. The average molecular weight is 260 g/mol. The lowest BCUT2D eigenvalue weighted by molar-refractivity contribution is -0.121. The minimum Gasteiger partial charge on any atom is -0.352 e. The van der Waals surface area contributed by atoms with E-state index in [2.05, 4.69) is 21.7 Å². The molecule has 94 valence electrons. The lowest BCUT2D eigenvalue weighted by Gasteiger charge is -2.04. The molecule has 0 fully saturated rings. The van der Waals surface area contributed by atoms with E-state index < -0.39 is 0 Å². The Labute approximate surface area is 111 Å². The minimum atomic E-state index is 0.114. The fourth-order valence-corrected chi connectivity index (χ4v) is 2.42. The van der Waals surface area contributed by atoms with Crippen LogP contribution in [0, 0.1) is 0 Å². The van der Waals surface area contributed by atoms with Crippen molar-refractivity contribution in [3.05, 3.63) is 52.5 Å². The van der Waals surface area contributed by atoms with Crippen LogP contribution in [0.1, 0.15) is 23.3 Å². The highest BCUT2D eigenvalue weighted by Gasteiger charge is 2.02. The average Bonchev–Trinajstić information content (AvgIpc) is 2.91. The fraction of sp³-hybridized carbons (Fsp3) is 0.286. The molecule has 0 aliphatic rings. The van der Waals surface area contributed by atoms with Gasteiger partial charge in [0.1, 0.15) is 0 Å². The lowest BCUT2D eigenvalue weighted by Crippen LogP contribution is -2.22. The summed E-state index contributed by atoms with van der Waals surface area (Å²) in [5.74, 6) is 0.114. The molecule has 0 aliphatic carbocycles. The smallest absolute Gasteiger partial charge is 0.220 e. The molecule has 0 radical (unpaired) electrons. The number of nitrogens with one attached hydrogen (secondary N) is 1. The maximum absolute atomic E-state index is 11.6. The number of hydrogen-bond acceptors (Lipinski definition) is 3. The first-order valence-corrected chi connectivity index (χ1v) is 6.90. The molecular weight excluding hydrogens is 244 g/mol. The van der Waals surface area contributed by atoms with E-state index in [1.807, 2.05) is 18.2 Å². The number of aromatic nitrogens is 1. The molecule has 3 nitrogen and oxygen atoms in total. The Balaban J connectivity index is 1.63. The van der Waals surface area contributed by atoms with Crippen molar-refractivity contribution in [3.63, 3.8) is 0 Å². The van der Waals surface area contributed by atoms with Gasteiger partial charge in [-0.05, 0) is 42.0 Å². The first-order chi connectivity index (χ1) is 8.84. The second kappa shape index (κ2) is 6.91. The van der Waals surface area contributed by atoms with Crippen LogP contribution in [-0.2, 0) is 17.8 Å². The number of thiophene rings is 1. The zero-order valence-electron chi connectivity index (χ0n) is 10.1. The molecule has 2 heterocycles. The highest BCUT2D eigenvalue weighted by Crippen LogP contribution is 2.11. The number of pyridine rings is 1. The molecule has 1 amide bonds. The Bertz CT molecular complexity index is 468. The number of carbonyl (C=O) groups is 1. The molecule has 2 aromatic rings. The number of hydrogen-bond donors (Lipinski definition) is 1. The Morgan fingerprint density at radius 3 is 2.83 bits per heavy atom. The van der Waals surface area contributed by atoms with E-state index in [0.29, 0.717) is 13.0 Å². The third-order valence-electron chi connectivity index (χ3n) is 2.65. The van der Waals surface area contributed by atoms with E-state index >= 15 is 0 Å². The number of amides is 1. The zero-order chi connectivity index (χ0) is 12.6. The third-order valence-corrected chi connectivity index (χ3v) is 3.58. The van der Waals surface area contributed by atoms with Gasteiger partial charge in [-0.3, -0.25) is 9.78 Å². The monoisotopic (exact) mass is 260 g/mol. The van der Waals surface area contributed by atoms with Crippen molar-refractivity contribution in [3.8, 4) is 0 Å². The number of aryl methyl sites for hydroxylation is 1. The van der Waals surface area contributed by atoms with E-state index in [9.17, 15) is 4.79 Å². The minimum absolute atomic E-state index is 0.114. The molecule has 4 heteroatoms. The van der Waals surface area contributed by atoms with E-state index in [1.165, 1.54) is 4.88 Å². The largest absolute Gasteiger partial charge is 0.352 e. The van der Waals surface area contributed by atoms with E-state index in [4.69, 9.17) is 0 Å². The van der Waals surface area contributed by atoms with Gasteiger partial charge in [0, 0.05) is 30.2 Å². The van der Waals surface area contributed by atoms with Crippen LogP contribution in [0.5, 0.6) is 0 Å². The van der Waals surface area contributed by atoms with Gasteiger partial charge in [-0.15, -0.1) is 11.3 Å². The van der Waals surface area contributed by atoms with Gasteiger partial charge in [0.25, 0.3) is 0 Å². The second-order valence-corrected chi connectivity index (χ2v) is 5.10. The summed E-state index contributed by atoms with van der Waals surface area (Å²) in [6.07, 6.45) is 5.95. The summed E-state index contributed by atoms with van der Waals surface area (Å²) in [6.45, 7) is 0.584. The van der Waals surface area contributed by atoms with Crippen molar-refractivity contribution >= 4 is 17.2 Å². The van der Waals surface area contributed by atoms with Crippen LogP contribution in [0.15, 0.2) is 42.0 Å². The van der Waals surface area contributed by atoms with E-state index in [0.717, 1.165) is 18.4 Å². The highest BCUT2D eigenvalue weighted by molar-refractivity contribution is 7.09. The molecule has 0 atom stereocenters. The van der Waals surface area contributed by atoms with Crippen molar-refractivity contribution in [2.75, 3.05) is 0 Å². The molecule has 2 rings (SSSR count). The highest BCUT2D eigenvalue weighted by atomic mass is 32.1. The lowest BCUT2D eigenvalue weighted by atomic mass is 10.2. The molecule has 0 saturated heterocycles. The fourth-order valence-electron chi connectivity index (χ4n) is 1.67. The standard InChI is InChI=1S/C14H16N2OS/c17-14(5-1-3-13-4-2-10-18-13)16-11-12-6-8-15-9-7-12/h2,4,6-10H,1,3,5,11H2,(H,16,17). The van der Waals surface area contributed by atoms with Crippen molar-refractivity contribution in [2.45, 2.75) is 25.8 Å². The van der Waals surface area contributed by atoms with Gasteiger partial charge in [-0.25, -0.2) is 0 Å². The third kappa shape index (κ3) is 4.30. The van der Waals surface area contributed by atoms with Gasteiger partial charge in [0.15, 0.2) is 0 Å². The zero-order valence-corrected chi connectivity index (χ0v) is 11.0. The summed E-state index contributed by atoms with van der Waals surface area (Å²) in [6, 6.07) is 7.97. The van der Waals surface area contributed by atoms with Crippen LogP contribution in [-0.4, -0.2) is 10.9 Å². The van der Waals surface area contributed by atoms with Crippen LogP contribution < -0.4 is 5.32 Å². The summed E-state index contributed by atoms with van der Waals surface area (Å²) < 4.78 is 0. The van der Waals surface area contributed by atoms with Gasteiger partial charge >= 0.3 is 0 Å². The van der Waals surface area contributed by atoms with Crippen LogP contribution in [0.25, 0.3) is 0 Å². The van der Waals surface area contributed by atoms with Gasteiger partial charge in [-0.2, -0.15) is 0 Å². The summed E-state index contributed by atoms with van der Waals surface area (Å²) in [4.78, 5) is 16.9. The molecule has 0 aliphatic heterocycles. The van der Waals surface area contributed by atoms with Gasteiger partial charge in [0.05, 0.1) is 0 Å². The first-order valence-electron chi connectivity index (χ1n) is 6.02. The predicted octanol–water partition coefficient (Wildman–Crippen LogP) is 2.78. The molecule has 0 aromatic carbocycles. The van der Waals surface area contributed by atoms with Crippen LogP contribution in [0.2, 0.25) is 0 Å².